The number of hydrogen-bond donors (Lipinski definition) is 1. The third kappa shape index (κ3) is 12.0. The Morgan fingerprint density at radius 1 is 1.18 bits per heavy atom. The van der Waals surface area contributed by atoms with Crippen LogP contribution < -0.4 is 5.32 Å². The molecule has 0 saturated heterocycles. The summed E-state index contributed by atoms with van der Waals surface area (Å²) in [7, 11) is 3.95. The summed E-state index contributed by atoms with van der Waals surface area (Å²) in [5.41, 5.74) is 0. The Balaban J connectivity index is 3.83. The van der Waals surface area contributed by atoms with E-state index >= 15 is 0 Å². The molecule has 0 aromatic carbocycles. The maximum Gasteiger partial charge on any atom is 0.389 e. The molecular formula is C12H25F3N2. The van der Waals surface area contributed by atoms with Crippen molar-refractivity contribution in [2.45, 2.75) is 45.3 Å². The van der Waals surface area contributed by atoms with Gasteiger partial charge in [0.1, 0.15) is 0 Å². The zero-order chi connectivity index (χ0) is 13.5. The van der Waals surface area contributed by atoms with Crippen LogP contribution in [0.25, 0.3) is 0 Å². The number of halogens is 3. The molecular weight excluding hydrogens is 229 g/mol. The van der Waals surface area contributed by atoms with Gasteiger partial charge in [-0.1, -0.05) is 13.8 Å². The largest absolute Gasteiger partial charge is 0.389 e. The van der Waals surface area contributed by atoms with Gasteiger partial charge < -0.3 is 10.2 Å². The standard InChI is InChI=1S/C12H25F3N2/c1-10(2)8-11(9-17(3)4)16-7-5-6-12(13,14)15/h10-11,16H,5-9H2,1-4H3. The molecule has 1 atom stereocenters. The quantitative estimate of drug-likeness (QED) is 0.670. The van der Waals surface area contributed by atoms with E-state index < -0.39 is 12.6 Å². The molecule has 0 radical (unpaired) electrons. The highest BCUT2D eigenvalue weighted by molar-refractivity contribution is 4.71. The van der Waals surface area contributed by atoms with E-state index in [4.69, 9.17) is 0 Å². The molecule has 1 N–H and O–H groups in total. The molecule has 0 aromatic heterocycles. The molecule has 0 bridgehead atoms. The Bertz CT molecular complexity index is 181. The fourth-order valence-corrected chi connectivity index (χ4v) is 1.83. The Hall–Kier alpha value is -0.290. The second-order valence-electron chi connectivity index (χ2n) is 5.26. The summed E-state index contributed by atoms with van der Waals surface area (Å²) in [6.45, 7) is 5.55. The summed E-state index contributed by atoms with van der Waals surface area (Å²) in [5, 5.41) is 3.21. The average Bonchev–Trinajstić information content (AvgIpc) is 2.08. The fourth-order valence-electron chi connectivity index (χ4n) is 1.83. The highest BCUT2D eigenvalue weighted by Gasteiger charge is 2.26. The number of nitrogens with one attached hydrogen (secondary N) is 1. The van der Waals surface area contributed by atoms with Gasteiger partial charge in [-0.3, -0.25) is 0 Å². The topological polar surface area (TPSA) is 15.3 Å². The molecule has 2 nitrogen and oxygen atoms in total. The van der Waals surface area contributed by atoms with E-state index in [1.165, 1.54) is 0 Å². The first-order valence-corrected chi connectivity index (χ1v) is 6.15. The Morgan fingerprint density at radius 2 is 1.76 bits per heavy atom. The fraction of sp³-hybridized carbons (Fsp3) is 1.00. The Morgan fingerprint density at radius 3 is 2.18 bits per heavy atom. The Kier molecular flexibility index (Phi) is 7.79. The van der Waals surface area contributed by atoms with E-state index in [9.17, 15) is 13.2 Å². The third-order valence-electron chi connectivity index (χ3n) is 2.41. The first kappa shape index (κ1) is 16.7. The van der Waals surface area contributed by atoms with Crippen LogP contribution in [-0.4, -0.2) is 44.3 Å². The lowest BCUT2D eigenvalue weighted by atomic mass is 10.0. The average molecular weight is 254 g/mol. The van der Waals surface area contributed by atoms with E-state index in [0.29, 0.717) is 12.5 Å². The first-order chi connectivity index (χ1) is 7.70. The van der Waals surface area contributed by atoms with Gasteiger partial charge in [-0.15, -0.1) is 0 Å². The van der Waals surface area contributed by atoms with Crippen molar-refractivity contribution in [2.75, 3.05) is 27.2 Å². The van der Waals surface area contributed by atoms with Crippen molar-refractivity contribution in [1.82, 2.24) is 10.2 Å². The van der Waals surface area contributed by atoms with E-state index in [2.05, 4.69) is 24.1 Å². The minimum absolute atomic E-state index is 0.158. The summed E-state index contributed by atoms with van der Waals surface area (Å²) in [6, 6.07) is 0.276. The van der Waals surface area contributed by atoms with Crippen LogP contribution in [0.2, 0.25) is 0 Å². The number of nitrogens with zero attached hydrogens (tertiary/aromatic N) is 1. The molecule has 0 amide bonds. The molecule has 0 aliphatic heterocycles. The normalized spacial score (nSPS) is 14.6. The maximum atomic E-state index is 12.0. The highest BCUT2D eigenvalue weighted by atomic mass is 19.4. The van der Waals surface area contributed by atoms with E-state index in [0.717, 1.165) is 13.0 Å². The van der Waals surface area contributed by atoms with E-state index in [1.54, 1.807) is 0 Å². The molecule has 0 aliphatic carbocycles. The summed E-state index contributed by atoms with van der Waals surface area (Å²) < 4.78 is 35.9. The van der Waals surface area contributed by atoms with Crippen molar-refractivity contribution >= 4 is 0 Å². The zero-order valence-corrected chi connectivity index (χ0v) is 11.3. The van der Waals surface area contributed by atoms with Crippen LogP contribution in [0.1, 0.15) is 33.1 Å². The van der Waals surface area contributed by atoms with Gasteiger partial charge in [-0.2, -0.15) is 13.2 Å². The van der Waals surface area contributed by atoms with Gasteiger partial charge in [0, 0.05) is 19.0 Å². The monoisotopic (exact) mass is 254 g/mol. The summed E-state index contributed by atoms with van der Waals surface area (Å²) in [4.78, 5) is 2.06. The number of likely N-dealkylation sites (N-methyl/N-ethyl adjacent to an activating group) is 1. The van der Waals surface area contributed by atoms with Gasteiger partial charge in [0.25, 0.3) is 0 Å². The van der Waals surface area contributed by atoms with Crippen LogP contribution in [0.3, 0.4) is 0 Å². The summed E-state index contributed by atoms with van der Waals surface area (Å²) in [6.07, 6.45) is -3.58. The van der Waals surface area contributed by atoms with Crippen molar-refractivity contribution in [1.29, 1.82) is 0 Å². The zero-order valence-electron chi connectivity index (χ0n) is 11.3. The molecule has 0 heterocycles. The van der Waals surface area contributed by atoms with Crippen molar-refractivity contribution in [3.8, 4) is 0 Å². The molecule has 0 rings (SSSR count). The smallest absolute Gasteiger partial charge is 0.313 e. The van der Waals surface area contributed by atoms with Crippen LogP contribution in [0.4, 0.5) is 13.2 Å². The lowest BCUT2D eigenvalue weighted by molar-refractivity contribution is -0.135. The predicted octanol–water partition coefficient (Wildman–Crippen LogP) is 2.89. The summed E-state index contributed by atoms with van der Waals surface area (Å²) in [5.74, 6) is 0.551. The van der Waals surface area contributed by atoms with Crippen molar-refractivity contribution in [3.05, 3.63) is 0 Å². The van der Waals surface area contributed by atoms with Crippen LogP contribution in [-0.2, 0) is 0 Å². The van der Waals surface area contributed by atoms with Gasteiger partial charge in [-0.25, -0.2) is 0 Å². The minimum Gasteiger partial charge on any atom is -0.313 e. The molecule has 0 spiro atoms. The molecule has 0 fully saturated rings. The molecule has 5 heteroatoms. The first-order valence-electron chi connectivity index (χ1n) is 6.15. The maximum absolute atomic E-state index is 12.0. The van der Waals surface area contributed by atoms with E-state index in [1.807, 2.05) is 14.1 Å². The number of rotatable bonds is 8. The second kappa shape index (κ2) is 7.93. The number of alkyl halides is 3. The van der Waals surface area contributed by atoms with Gasteiger partial charge in [0.05, 0.1) is 0 Å². The molecule has 0 saturated carbocycles. The van der Waals surface area contributed by atoms with Gasteiger partial charge >= 0.3 is 6.18 Å². The molecule has 104 valence electrons. The van der Waals surface area contributed by atoms with Crippen molar-refractivity contribution in [2.24, 2.45) is 5.92 Å². The van der Waals surface area contributed by atoms with Crippen LogP contribution in [0, 0.1) is 5.92 Å². The highest BCUT2D eigenvalue weighted by Crippen LogP contribution is 2.20. The van der Waals surface area contributed by atoms with Crippen LogP contribution in [0.15, 0.2) is 0 Å². The molecule has 0 aliphatic rings. The lowest BCUT2D eigenvalue weighted by Crippen LogP contribution is -2.39. The second-order valence-corrected chi connectivity index (χ2v) is 5.26. The van der Waals surface area contributed by atoms with Crippen LogP contribution in [0.5, 0.6) is 0 Å². The van der Waals surface area contributed by atoms with Crippen molar-refractivity contribution < 1.29 is 13.2 Å². The third-order valence-corrected chi connectivity index (χ3v) is 2.41. The minimum atomic E-state index is -4.03. The Labute approximate surface area is 103 Å². The van der Waals surface area contributed by atoms with Crippen molar-refractivity contribution in [3.63, 3.8) is 0 Å². The molecule has 1 unspecified atom stereocenters. The predicted molar refractivity (Wildman–Crippen MR) is 65.1 cm³/mol. The lowest BCUT2D eigenvalue weighted by Gasteiger charge is -2.24. The van der Waals surface area contributed by atoms with Gasteiger partial charge in [-0.05, 0) is 39.4 Å². The number of hydrogen-bond acceptors (Lipinski definition) is 2. The van der Waals surface area contributed by atoms with E-state index in [-0.39, 0.29) is 12.5 Å². The molecule has 17 heavy (non-hydrogen) atoms. The molecule has 0 aromatic rings. The van der Waals surface area contributed by atoms with Gasteiger partial charge in [0.2, 0.25) is 0 Å². The SMILES string of the molecule is CC(C)CC(CN(C)C)NCCCC(F)(F)F. The summed E-state index contributed by atoms with van der Waals surface area (Å²) >= 11 is 0. The van der Waals surface area contributed by atoms with Crippen LogP contribution >= 0.6 is 0 Å². The van der Waals surface area contributed by atoms with Gasteiger partial charge in [0.15, 0.2) is 0 Å².